The highest BCUT2D eigenvalue weighted by Crippen LogP contribution is 2.27. The molecule has 0 spiro atoms. The van der Waals surface area contributed by atoms with Gasteiger partial charge in [-0.2, -0.15) is 25.3 Å². The molecule has 0 saturated heterocycles. The number of hydrogen-bond donors (Lipinski definition) is 2. The Labute approximate surface area is 180 Å². The second-order valence-electron chi connectivity index (χ2n) is 5.41. The van der Waals surface area contributed by atoms with Crippen molar-refractivity contribution in [2.24, 2.45) is 0 Å². The van der Waals surface area contributed by atoms with E-state index in [0.717, 1.165) is 37.2 Å². The molecule has 0 saturated carbocycles. The first-order valence-corrected chi connectivity index (χ1v) is 14.1. The second kappa shape index (κ2) is 22.8. The van der Waals surface area contributed by atoms with E-state index in [0.29, 0.717) is 26.1 Å². The molecule has 0 aliphatic heterocycles. The van der Waals surface area contributed by atoms with Crippen molar-refractivity contribution in [1.29, 1.82) is 0 Å². The summed E-state index contributed by atoms with van der Waals surface area (Å²) >= 11 is 8.14. The Bertz CT molecular complexity index is 397. The van der Waals surface area contributed by atoms with E-state index in [1.54, 1.807) is 0 Å². The van der Waals surface area contributed by atoms with Gasteiger partial charge in [0.1, 0.15) is 0 Å². The Hall–Kier alpha value is 1.15. The third kappa shape index (κ3) is 21.8. The molecule has 0 radical (unpaired) electrons. The maximum absolute atomic E-state index is 11.5. The average Bonchev–Trinajstić information content (AvgIpc) is 2.68. The van der Waals surface area contributed by atoms with Crippen LogP contribution in [0, 0.1) is 0 Å². The van der Waals surface area contributed by atoms with Crippen LogP contribution < -0.4 is 0 Å². The predicted molar refractivity (Wildman–Crippen MR) is 118 cm³/mol. The first kappa shape index (κ1) is 29.1. The fourth-order valence-electron chi connectivity index (χ4n) is 1.60. The lowest BCUT2D eigenvalue weighted by Gasteiger charge is -2.07. The van der Waals surface area contributed by atoms with Gasteiger partial charge >= 0.3 is 24.8 Å². The van der Waals surface area contributed by atoms with Crippen LogP contribution >= 0.6 is 50.0 Å². The Kier molecular flexibility index (Phi) is 23.8. The number of rotatable bonds is 22. The van der Waals surface area contributed by atoms with Crippen molar-refractivity contribution in [2.45, 2.75) is 38.5 Å². The topological polar surface area (TPSA) is 107 Å². The molecule has 28 heavy (non-hydrogen) atoms. The van der Waals surface area contributed by atoms with Gasteiger partial charge in [0.05, 0.1) is 39.6 Å². The molecule has 9 nitrogen and oxygen atoms in total. The first-order valence-electron chi connectivity index (χ1n) is 9.20. The van der Waals surface area contributed by atoms with E-state index in [-0.39, 0.29) is 26.4 Å². The van der Waals surface area contributed by atoms with Gasteiger partial charge in [-0.1, -0.05) is 0 Å². The van der Waals surface area contributed by atoms with Crippen LogP contribution in [0.3, 0.4) is 0 Å². The van der Waals surface area contributed by atoms with Crippen molar-refractivity contribution >= 4 is 50.0 Å². The molecule has 2 atom stereocenters. The summed E-state index contributed by atoms with van der Waals surface area (Å²) in [4.78, 5) is 0. The van der Waals surface area contributed by atoms with Crippen LogP contribution in [-0.2, 0) is 40.8 Å². The highest BCUT2D eigenvalue weighted by atomic mass is 32.1. The van der Waals surface area contributed by atoms with Gasteiger partial charge in [0, 0.05) is 0 Å². The highest BCUT2D eigenvalue weighted by Gasteiger charge is 2.04. The molecule has 170 valence electrons. The Morgan fingerprint density at radius 2 is 0.679 bits per heavy atom. The molecule has 0 rings (SSSR count). The fourth-order valence-corrected chi connectivity index (χ4v) is 4.17. The summed E-state index contributed by atoms with van der Waals surface area (Å²) in [5.41, 5.74) is 0. The van der Waals surface area contributed by atoms with Crippen LogP contribution in [0.15, 0.2) is 0 Å². The predicted octanol–water partition coefficient (Wildman–Crippen LogP) is 4.46. The number of unbranched alkanes of at least 4 members (excludes halogenated alkanes) is 2. The summed E-state index contributed by atoms with van der Waals surface area (Å²) < 4.78 is 64.4. The summed E-state index contributed by atoms with van der Waals surface area (Å²) in [6.45, 7) is 1.48. The van der Waals surface area contributed by atoms with E-state index in [4.69, 9.17) is 27.1 Å². The van der Waals surface area contributed by atoms with E-state index in [2.05, 4.69) is 25.3 Å². The number of hydrogen-bond acceptors (Lipinski definition) is 11. The van der Waals surface area contributed by atoms with Crippen LogP contribution in [0.25, 0.3) is 0 Å². The molecule has 0 heterocycles. The van der Waals surface area contributed by atoms with E-state index in [1.807, 2.05) is 0 Å². The van der Waals surface area contributed by atoms with Gasteiger partial charge in [-0.05, 0) is 50.0 Å². The van der Waals surface area contributed by atoms with Crippen molar-refractivity contribution in [3.05, 3.63) is 0 Å². The third-order valence-corrected chi connectivity index (χ3v) is 6.27. The van der Waals surface area contributed by atoms with Crippen LogP contribution in [0.5, 0.6) is 0 Å². The third-order valence-electron chi connectivity index (χ3n) is 3.00. The van der Waals surface area contributed by atoms with Gasteiger partial charge in [-0.3, -0.25) is 13.7 Å². The Balaban J connectivity index is 3.39. The minimum atomic E-state index is -2.61. The molecule has 0 aromatic heterocycles. The normalized spacial score (nSPS) is 14.8. The lowest BCUT2D eigenvalue weighted by atomic mass is 10.4. The van der Waals surface area contributed by atoms with Crippen LogP contribution in [0.1, 0.15) is 38.5 Å². The summed E-state index contributed by atoms with van der Waals surface area (Å²) in [6.07, 6.45) is 4.22. The zero-order chi connectivity index (χ0) is 20.9. The van der Waals surface area contributed by atoms with Crippen molar-refractivity contribution in [2.75, 3.05) is 51.1 Å². The molecular weight excluding hydrogens is 469 g/mol. The smallest absolute Gasteiger partial charge is 0.311 e. The van der Waals surface area contributed by atoms with Crippen LogP contribution in [-0.4, -0.2) is 51.1 Å². The molecule has 2 unspecified atom stereocenters. The molecule has 14 heteroatoms. The van der Waals surface area contributed by atoms with E-state index >= 15 is 0 Å². The molecule has 0 aliphatic carbocycles. The molecule has 0 amide bonds. The van der Waals surface area contributed by atoms with Crippen molar-refractivity contribution in [1.82, 2.24) is 0 Å². The van der Waals surface area contributed by atoms with Gasteiger partial charge in [0.15, 0.2) is 0 Å². The standard InChI is InChI=1S/C14H33O9P3S2/c15-24(18-7-1-3-13-27)20-9-5-11-22-26(17)23-12-6-10-21-25(16)19-8-2-4-14-28/h24-28H,1-14H2. The quantitative estimate of drug-likeness (QED) is 0.126. The average molecular weight is 502 g/mol. The van der Waals surface area contributed by atoms with E-state index in [9.17, 15) is 13.7 Å². The molecule has 0 fully saturated rings. The summed E-state index contributed by atoms with van der Waals surface area (Å²) in [7, 11) is -7.59. The molecule has 0 N–H and O–H groups in total. The van der Waals surface area contributed by atoms with Crippen molar-refractivity contribution in [3.8, 4) is 0 Å². The summed E-state index contributed by atoms with van der Waals surface area (Å²) in [6, 6.07) is 0. The first-order chi connectivity index (χ1) is 13.6. The molecular formula is C14H33O9P3S2. The van der Waals surface area contributed by atoms with E-state index in [1.165, 1.54) is 0 Å². The highest BCUT2D eigenvalue weighted by molar-refractivity contribution is 7.80. The monoisotopic (exact) mass is 502 g/mol. The zero-order valence-corrected chi connectivity index (χ0v) is 20.8. The minimum absolute atomic E-state index is 0.164. The lowest BCUT2D eigenvalue weighted by Crippen LogP contribution is -1.98. The van der Waals surface area contributed by atoms with E-state index < -0.39 is 24.8 Å². The van der Waals surface area contributed by atoms with Gasteiger partial charge in [-0.15, -0.1) is 0 Å². The SMILES string of the molecule is O=[PH](OCCCCS)OCCCO[PH](=O)OCCCO[PH](=O)OCCCCS. The Morgan fingerprint density at radius 1 is 0.429 bits per heavy atom. The number of thiol groups is 2. The molecule has 0 bridgehead atoms. The molecule has 0 aliphatic rings. The summed E-state index contributed by atoms with van der Waals surface area (Å²) in [5, 5.41) is 0. The molecule has 0 aromatic carbocycles. The lowest BCUT2D eigenvalue weighted by molar-refractivity contribution is 0.179. The second-order valence-corrected chi connectivity index (χ2v) is 9.54. The van der Waals surface area contributed by atoms with Gasteiger partial charge in [0.2, 0.25) is 0 Å². The largest absolute Gasteiger partial charge is 0.319 e. The summed E-state index contributed by atoms with van der Waals surface area (Å²) in [5.74, 6) is 1.53. The maximum Gasteiger partial charge on any atom is 0.319 e. The molecule has 0 aromatic rings. The maximum atomic E-state index is 11.5. The Morgan fingerprint density at radius 3 is 0.929 bits per heavy atom. The van der Waals surface area contributed by atoms with Crippen LogP contribution in [0.4, 0.5) is 0 Å². The van der Waals surface area contributed by atoms with Crippen LogP contribution in [0.2, 0.25) is 0 Å². The van der Waals surface area contributed by atoms with Gasteiger partial charge in [0.25, 0.3) is 0 Å². The zero-order valence-electron chi connectivity index (χ0n) is 16.0. The fraction of sp³-hybridized carbons (Fsp3) is 1.00. The van der Waals surface area contributed by atoms with Gasteiger partial charge < -0.3 is 27.1 Å². The van der Waals surface area contributed by atoms with Crippen molar-refractivity contribution in [3.63, 3.8) is 0 Å². The van der Waals surface area contributed by atoms with Crippen molar-refractivity contribution < 1.29 is 40.8 Å². The minimum Gasteiger partial charge on any atom is -0.311 e. The van der Waals surface area contributed by atoms with Gasteiger partial charge in [-0.25, -0.2) is 0 Å².